The van der Waals surface area contributed by atoms with Crippen LogP contribution in [0.4, 0.5) is 0 Å². The van der Waals surface area contributed by atoms with E-state index in [2.05, 4.69) is 5.32 Å². The van der Waals surface area contributed by atoms with Crippen LogP contribution in [0.25, 0.3) is 0 Å². The van der Waals surface area contributed by atoms with E-state index in [0.717, 1.165) is 12.6 Å². The molecule has 1 rings (SSSR count). The Morgan fingerprint density at radius 1 is 1.27 bits per heavy atom. The van der Waals surface area contributed by atoms with Crippen LogP contribution in [-0.4, -0.2) is 12.6 Å². The normalized spacial score (nSPS) is 21.2. The van der Waals surface area contributed by atoms with E-state index < -0.39 is 0 Å². The highest BCUT2D eigenvalue weighted by Gasteiger charge is 2.10. The Hall–Kier alpha value is -0.0100. The molecule has 0 atom stereocenters. The van der Waals surface area contributed by atoms with E-state index in [9.17, 15) is 0 Å². The minimum atomic E-state index is 0.747. The minimum absolute atomic E-state index is 0.747. The van der Waals surface area contributed by atoms with Gasteiger partial charge in [0.2, 0.25) is 0 Å². The van der Waals surface area contributed by atoms with Gasteiger partial charge in [-0.3, -0.25) is 0 Å². The SMILES string of the molecule is Cl/C=C/CNC1CCCCC1. The summed E-state index contributed by atoms with van der Waals surface area (Å²) in [5.74, 6) is 0. The van der Waals surface area contributed by atoms with E-state index in [-0.39, 0.29) is 0 Å². The molecule has 1 nitrogen and oxygen atoms in total. The van der Waals surface area contributed by atoms with Crippen molar-refractivity contribution < 1.29 is 0 Å². The van der Waals surface area contributed by atoms with Gasteiger partial charge < -0.3 is 5.32 Å². The smallest absolute Gasteiger partial charge is 0.0149 e. The molecule has 0 spiro atoms. The van der Waals surface area contributed by atoms with Crippen LogP contribution >= 0.6 is 11.6 Å². The zero-order chi connectivity index (χ0) is 7.94. The third kappa shape index (κ3) is 3.78. The van der Waals surface area contributed by atoms with Gasteiger partial charge in [-0.05, 0) is 12.8 Å². The number of hydrogen-bond donors (Lipinski definition) is 1. The molecule has 11 heavy (non-hydrogen) atoms. The van der Waals surface area contributed by atoms with Crippen LogP contribution in [0.2, 0.25) is 0 Å². The van der Waals surface area contributed by atoms with Gasteiger partial charge >= 0.3 is 0 Å². The molecule has 1 N–H and O–H groups in total. The van der Waals surface area contributed by atoms with E-state index in [1.54, 1.807) is 5.54 Å². The molecule has 0 bridgehead atoms. The highest BCUT2D eigenvalue weighted by Crippen LogP contribution is 2.16. The fourth-order valence-electron chi connectivity index (χ4n) is 1.59. The molecule has 0 heterocycles. The quantitative estimate of drug-likeness (QED) is 0.692. The van der Waals surface area contributed by atoms with Crippen molar-refractivity contribution in [1.29, 1.82) is 0 Å². The molecular weight excluding hydrogens is 158 g/mol. The molecule has 64 valence electrons. The monoisotopic (exact) mass is 173 g/mol. The van der Waals surface area contributed by atoms with E-state index in [4.69, 9.17) is 11.6 Å². The second kappa shape index (κ2) is 5.62. The molecular formula is C9H16ClN. The van der Waals surface area contributed by atoms with Crippen molar-refractivity contribution in [2.75, 3.05) is 6.54 Å². The van der Waals surface area contributed by atoms with Gasteiger partial charge in [-0.2, -0.15) is 0 Å². The van der Waals surface area contributed by atoms with Crippen LogP contribution in [-0.2, 0) is 0 Å². The first-order valence-corrected chi connectivity index (χ1v) is 4.85. The van der Waals surface area contributed by atoms with Gasteiger partial charge in [0.25, 0.3) is 0 Å². The van der Waals surface area contributed by atoms with Crippen molar-refractivity contribution in [2.45, 2.75) is 38.1 Å². The largest absolute Gasteiger partial charge is 0.310 e. The van der Waals surface area contributed by atoms with Gasteiger partial charge in [-0.15, -0.1) is 0 Å². The van der Waals surface area contributed by atoms with E-state index in [1.165, 1.54) is 32.1 Å². The Balaban J connectivity index is 2.04. The van der Waals surface area contributed by atoms with Gasteiger partial charge in [0.05, 0.1) is 0 Å². The predicted molar refractivity (Wildman–Crippen MR) is 49.9 cm³/mol. The molecule has 1 aliphatic carbocycles. The van der Waals surface area contributed by atoms with E-state index in [0.29, 0.717) is 0 Å². The summed E-state index contributed by atoms with van der Waals surface area (Å²) in [4.78, 5) is 0. The Morgan fingerprint density at radius 2 is 2.00 bits per heavy atom. The Kier molecular flexibility index (Phi) is 4.64. The first-order chi connectivity index (χ1) is 5.43. The molecule has 0 aromatic carbocycles. The first kappa shape index (κ1) is 9.08. The summed E-state index contributed by atoms with van der Waals surface area (Å²) in [5.41, 5.74) is 1.58. The zero-order valence-electron chi connectivity index (χ0n) is 6.85. The van der Waals surface area contributed by atoms with Crippen LogP contribution in [0.15, 0.2) is 11.6 Å². The topological polar surface area (TPSA) is 12.0 Å². The maximum atomic E-state index is 5.40. The number of nitrogens with one attached hydrogen (secondary N) is 1. The van der Waals surface area contributed by atoms with Gasteiger partial charge in [-0.1, -0.05) is 36.9 Å². The predicted octanol–water partition coefficient (Wildman–Crippen LogP) is 2.66. The molecule has 0 aromatic rings. The molecule has 1 aliphatic rings. The van der Waals surface area contributed by atoms with Crippen molar-refractivity contribution in [3.63, 3.8) is 0 Å². The van der Waals surface area contributed by atoms with E-state index >= 15 is 0 Å². The second-order valence-corrected chi connectivity index (χ2v) is 3.36. The zero-order valence-corrected chi connectivity index (χ0v) is 7.61. The first-order valence-electron chi connectivity index (χ1n) is 4.42. The number of rotatable bonds is 3. The second-order valence-electron chi connectivity index (χ2n) is 3.10. The Labute approximate surface area is 73.8 Å². The van der Waals surface area contributed by atoms with Crippen molar-refractivity contribution in [3.8, 4) is 0 Å². The molecule has 0 aromatic heterocycles. The molecule has 1 fully saturated rings. The summed E-state index contributed by atoms with van der Waals surface area (Å²) in [6.07, 6.45) is 8.84. The standard InChI is InChI=1S/C9H16ClN/c10-7-4-8-11-9-5-2-1-3-6-9/h4,7,9,11H,1-3,5-6,8H2/b7-4+. The van der Waals surface area contributed by atoms with Crippen molar-refractivity contribution in [2.24, 2.45) is 0 Å². The van der Waals surface area contributed by atoms with Gasteiger partial charge in [-0.25, -0.2) is 0 Å². The van der Waals surface area contributed by atoms with Crippen LogP contribution in [0.5, 0.6) is 0 Å². The molecule has 0 amide bonds. The molecule has 2 heteroatoms. The molecule has 0 aliphatic heterocycles. The number of hydrogen-bond acceptors (Lipinski definition) is 1. The lowest BCUT2D eigenvalue weighted by atomic mass is 9.96. The average Bonchev–Trinajstić information content (AvgIpc) is 2.07. The summed E-state index contributed by atoms with van der Waals surface area (Å²) in [5, 5.41) is 3.45. The summed E-state index contributed by atoms with van der Waals surface area (Å²) in [6, 6.07) is 0.747. The Morgan fingerprint density at radius 3 is 2.64 bits per heavy atom. The lowest BCUT2D eigenvalue weighted by Gasteiger charge is -2.21. The molecule has 0 radical (unpaired) electrons. The fraction of sp³-hybridized carbons (Fsp3) is 0.778. The maximum absolute atomic E-state index is 5.40. The lowest BCUT2D eigenvalue weighted by Crippen LogP contribution is -2.30. The minimum Gasteiger partial charge on any atom is -0.310 e. The number of halogens is 1. The summed E-state index contributed by atoms with van der Waals surface area (Å²) < 4.78 is 0. The summed E-state index contributed by atoms with van der Waals surface area (Å²) in [7, 11) is 0. The highest BCUT2D eigenvalue weighted by molar-refractivity contribution is 6.25. The van der Waals surface area contributed by atoms with Crippen LogP contribution < -0.4 is 5.32 Å². The highest BCUT2D eigenvalue weighted by atomic mass is 35.5. The van der Waals surface area contributed by atoms with Crippen molar-refractivity contribution >= 4 is 11.6 Å². The molecule has 1 saturated carbocycles. The van der Waals surface area contributed by atoms with Crippen LogP contribution in [0.1, 0.15) is 32.1 Å². The average molecular weight is 174 g/mol. The third-order valence-electron chi connectivity index (χ3n) is 2.22. The fourth-order valence-corrected chi connectivity index (χ4v) is 1.68. The summed E-state index contributed by atoms with van der Waals surface area (Å²) in [6.45, 7) is 0.925. The van der Waals surface area contributed by atoms with E-state index in [1.807, 2.05) is 6.08 Å². The molecule has 0 unspecified atom stereocenters. The van der Waals surface area contributed by atoms with Gasteiger partial charge in [0.1, 0.15) is 0 Å². The maximum Gasteiger partial charge on any atom is 0.0149 e. The molecule has 0 saturated heterocycles. The van der Waals surface area contributed by atoms with Crippen molar-refractivity contribution in [1.82, 2.24) is 5.32 Å². The van der Waals surface area contributed by atoms with Gasteiger partial charge in [0, 0.05) is 18.1 Å². The summed E-state index contributed by atoms with van der Waals surface area (Å²) >= 11 is 5.40. The third-order valence-corrected chi connectivity index (χ3v) is 2.40. The van der Waals surface area contributed by atoms with Gasteiger partial charge in [0.15, 0.2) is 0 Å². The Bertz CT molecular complexity index is 117. The van der Waals surface area contributed by atoms with Crippen LogP contribution in [0.3, 0.4) is 0 Å². The van der Waals surface area contributed by atoms with Crippen LogP contribution in [0, 0.1) is 0 Å². The lowest BCUT2D eigenvalue weighted by molar-refractivity contribution is 0.385. The van der Waals surface area contributed by atoms with Crippen molar-refractivity contribution in [3.05, 3.63) is 11.6 Å².